The lowest BCUT2D eigenvalue weighted by molar-refractivity contribution is 0.100. The van der Waals surface area contributed by atoms with Crippen LogP contribution in [0, 0.1) is 0 Å². The summed E-state index contributed by atoms with van der Waals surface area (Å²) in [5.74, 6) is 0.524. The predicted molar refractivity (Wildman–Crippen MR) is 85.8 cm³/mol. The van der Waals surface area contributed by atoms with Crippen LogP contribution in [0.3, 0.4) is 0 Å². The lowest BCUT2D eigenvalue weighted by Crippen LogP contribution is -2.27. The molecule has 23 heavy (non-hydrogen) atoms. The molecule has 2 aromatic rings. The molecule has 1 aliphatic rings. The maximum atomic E-state index is 12.3. The van der Waals surface area contributed by atoms with E-state index >= 15 is 0 Å². The van der Waals surface area contributed by atoms with E-state index in [4.69, 9.17) is 4.74 Å². The van der Waals surface area contributed by atoms with Crippen molar-refractivity contribution in [2.45, 2.75) is 32.9 Å². The Morgan fingerprint density at radius 1 is 1.30 bits per heavy atom. The van der Waals surface area contributed by atoms with Crippen molar-refractivity contribution in [1.82, 2.24) is 14.9 Å². The Kier molecular flexibility index (Phi) is 4.41. The monoisotopic (exact) mass is 313 g/mol. The zero-order chi connectivity index (χ0) is 16.2. The number of aromatic amines is 1. The molecule has 6 heteroatoms. The molecule has 0 saturated carbocycles. The van der Waals surface area contributed by atoms with E-state index in [0.29, 0.717) is 30.2 Å². The van der Waals surface area contributed by atoms with Gasteiger partial charge in [-0.05, 0) is 6.42 Å². The fourth-order valence-electron chi connectivity index (χ4n) is 2.52. The highest BCUT2D eigenvalue weighted by molar-refractivity contribution is 5.68. The normalized spacial score (nSPS) is 13.0. The minimum absolute atomic E-state index is 0.197. The van der Waals surface area contributed by atoms with E-state index in [9.17, 15) is 9.59 Å². The Morgan fingerprint density at radius 2 is 2.09 bits per heavy atom. The van der Waals surface area contributed by atoms with Crippen molar-refractivity contribution in [3.63, 3.8) is 0 Å². The van der Waals surface area contributed by atoms with Crippen LogP contribution in [-0.2, 0) is 17.8 Å². The molecule has 0 aliphatic carbocycles. The number of rotatable bonds is 4. The first-order valence-electron chi connectivity index (χ1n) is 7.78. The quantitative estimate of drug-likeness (QED) is 0.881. The van der Waals surface area contributed by atoms with Crippen LogP contribution in [0.2, 0.25) is 0 Å². The number of nitrogens with one attached hydrogen (secondary N) is 1. The maximum absolute atomic E-state index is 12.3. The first-order chi connectivity index (χ1) is 11.2. The molecular formula is C17H19N3O3. The van der Waals surface area contributed by atoms with Crippen molar-refractivity contribution in [3.05, 3.63) is 51.9 Å². The fourth-order valence-corrected chi connectivity index (χ4v) is 2.52. The van der Waals surface area contributed by atoms with E-state index in [2.05, 4.69) is 9.97 Å². The van der Waals surface area contributed by atoms with Crippen molar-refractivity contribution in [3.8, 4) is 11.4 Å². The number of amides is 1. The number of carbonyl (C=O) groups is 1. The van der Waals surface area contributed by atoms with Gasteiger partial charge in [0.15, 0.2) is 0 Å². The third kappa shape index (κ3) is 3.26. The summed E-state index contributed by atoms with van der Waals surface area (Å²) in [6, 6.07) is 9.45. The van der Waals surface area contributed by atoms with Crippen LogP contribution in [0.4, 0.5) is 4.79 Å². The zero-order valence-electron chi connectivity index (χ0n) is 13.0. The summed E-state index contributed by atoms with van der Waals surface area (Å²) < 4.78 is 5.20. The van der Waals surface area contributed by atoms with Crippen molar-refractivity contribution in [2.24, 2.45) is 0 Å². The summed E-state index contributed by atoms with van der Waals surface area (Å²) in [5.41, 5.74) is 1.83. The van der Waals surface area contributed by atoms with Crippen LogP contribution < -0.4 is 5.56 Å². The third-order valence-corrected chi connectivity index (χ3v) is 3.82. The largest absolute Gasteiger partial charge is 0.449 e. The predicted octanol–water partition coefficient (Wildman–Crippen LogP) is 2.69. The summed E-state index contributed by atoms with van der Waals surface area (Å²) in [4.78, 5) is 33.1. The molecule has 0 fully saturated rings. The summed E-state index contributed by atoms with van der Waals surface area (Å²) >= 11 is 0. The highest BCUT2D eigenvalue weighted by Crippen LogP contribution is 2.21. The molecule has 2 heterocycles. The maximum Gasteiger partial charge on any atom is 0.410 e. The van der Waals surface area contributed by atoms with Crippen LogP contribution in [-0.4, -0.2) is 27.6 Å². The van der Waals surface area contributed by atoms with Gasteiger partial charge in [0, 0.05) is 5.56 Å². The van der Waals surface area contributed by atoms with E-state index in [-0.39, 0.29) is 12.1 Å². The van der Waals surface area contributed by atoms with E-state index in [1.807, 2.05) is 37.3 Å². The van der Waals surface area contributed by atoms with Crippen molar-refractivity contribution >= 4 is 6.09 Å². The number of benzene rings is 1. The minimum atomic E-state index is -0.392. The van der Waals surface area contributed by atoms with Crippen LogP contribution >= 0.6 is 0 Å². The molecule has 1 amide bonds. The van der Waals surface area contributed by atoms with E-state index in [1.165, 1.54) is 4.90 Å². The molecule has 120 valence electrons. The number of carbonyl (C=O) groups excluding carboxylic acids is 1. The van der Waals surface area contributed by atoms with Crippen molar-refractivity contribution in [2.75, 3.05) is 6.61 Å². The van der Waals surface area contributed by atoms with Gasteiger partial charge >= 0.3 is 6.09 Å². The second-order valence-electron chi connectivity index (χ2n) is 5.53. The molecule has 0 saturated heterocycles. The molecule has 0 unspecified atom stereocenters. The lowest BCUT2D eigenvalue weighted by atomic mass is 10.2. The van der Waals surface area contributed by atoms with Gasteiger partial charge in [-0.2, -0.15) is 0 Å². The average Bonchev–Trinajstić information content (AvgIpc) is 3.01. The summed E-state index contributed by atoms with van der Waals surface area (Å²) in [6.07, 6.45) is 1.41. The lowest BCUT2D eigenvalue weighted by Gasteiger charge is -2.14. The average molecular weight is 313 g/mol. The topological polar surface area (TPSA) is 75.3 Å². The third-order valence-electron chi connectivity index (χ3n) is 3.82. The SMILES string of the molecule is CCCCOC(=O)N1Cc2nc(-c3ccccc3)[nH]c(=O)c2C1. The minimum Gasteiger partial charge on any atom is -0.449 e. The van der Waals surface area contributed by atoms with Gasteiger partial charge in [0.25, 0.3) is 5.56 Å². The van der Waals surface area contributed by atoms with Gasteiger partial charge in [-0.1, -0.05) is 43.7 Å². The zero-order valence-corrected chi connectivity index (χ0v) is 13.0. The van der Waals surface area contributed by atoms with Crippen LogP contribution in [0.1, 0.15) is 31.0 Å². The summed E-state index contributed by atoms with van der Waals surface area (Å²) in [6.45, 7) is 3.00. The molecule has 6 nitrogen and oxygen atoms in total. The fraction of sp³-hybridized carbons (Fsp3) is 0.353. The summed E-state index contributed by atoms with van der Waals surface area (Å²) in [7, 11) is 0. The second-order valence-corrected chi connectivity index (χ2v) is 5.53. The van der Waals surface area contributed by atoms with Gasteiger partial charge in [0.05, 0.1) is 31.0 Å². The number of ether oxygens (including phenoxy) is 1. The van der Waals surface area contributed by atoms with Crippen molar-refractivity contribution < 1.29 is 9.53 Å². The van der Waals surface area contributed by atoms with Gasteiger partial charge in [-0.15, -0.1) is 0 Å². The Hall–Kier alpha value is -2.63. The molecule has 1 N–H and O–H groups in total. The molecular weight excluding hydrogens is 294 g/mol. The Bertz CT molecular complexity index is 755. The van der Waals surface area contributed by atoms with Gasteiger partial charge in [-0.25, -0.2) is 9.78 Å². The van der Waals surface area contributed by atoms with Gasteiger partial charge in [0.2, 0.25) is 0 Å². The number of nitrogens with zero attached hydrogens (tertiary/aromatic N) is 2. The molecule has 0 radical (unpaired) electrons. The molecule has 3 rings (SSSR count). The number of H-pyrrole nitrogens is 1. The first-order valence-corrected chi connectivity index (χ1v) is 7.78. The smallest absolute Gasteiger partial charge is 0.410 e. The van der Waals surface area contributed by atoms with Crippen LogP contribution in [0.5, 0.6) is 0 Å². The van der Waals surface area contributed by atoms with E-state index in [0.717, 1.165) is 18.4 Å². The Morgan fingerprint density at radius 3 is 2.83 bits per heavy atom. The number of unbranched alkanes of at least 4 members (excludes halogenated alkanes) is 1. The van der Waals surface area contributed by atoms with Crippen molar-refractivity contribution in [1.29, 1.82) is 0 Å². The second kappa shape index (κ2) is 6.64. The number of hydrogen-bond donors (Lipinski definition) is 1. The summed E-state index contributed by atoms with van der Waals surface area (Å²) in [5, 5.41) is 0. The van der Waals surface area contributed by atoms with Crippen LogP contribution in [0.15, 0.2) is 35.1 Å². The number of hydrogen-bond acceptors (Lipinski definition) is 4. The van der Waals surface area contributed by atoms with E-state index < -0.39 is 6.09 Å². The van der Waals surface area contributed by atoms with Gasteiger partial charge in [-0.3, -0.25) is 9.69 Å². The molecule has 1 aromatic heterocycles. The highest BCUT2D eigenvalue weighted by Gasteiger charge is 2.28. The Labute approximate surface area is 134 Å². The van der Waals surface area contributed by atoms with Gasteiger partial charge < -0.3 is 9.72 Å². The molecule has 1 aromatic carbocycles. The molecule has 1 aliphatic heterocycles. The Balaban J connectivity index is 1.79. The standard InChI is InChI=1S/C17H19N3O3/c1-2-3-9-23-17(22)20-10-13-14(11-20)18-15(19-16(13)21)12-7-5-4-6-8-12/h4-8H,2-3,9-11H2,1H3,(H,18,19,21). The molecule has 0 spiro atoms. The first kappa shape index (κ1) is 15.3. The van der Waals surface area contributed by atoms with E-state index in [1.54, 1.807) is 0 Å². The molecule has 0 atom stereocenters. The molecule has 0 bridgehead atoms. The van der Waals surface area contributed by atoms with Gasteiger partial charge in [0.1, 0.15) is 5.82 Å². The number of aromatic nitrogens is 2. The van der Waals surface area contributed by atoms with Crippen LogP contribution in [0.25, 0.3) is 11.4 Å². The number of fused-ring (bicyclic) bond motifs is 1. The highest BCUT2D eigenvalue weighted by atomic mass is 16.6.